The number of rotatable bonds is 3. The van der Waals surface area contributed by atoms with E-state index in [1.165, 1.54) is 17.4 Å². The zero-order chi connectivity index (χ0) is 15.5. The van der Waals surface area contributed by atoms with Gasteiger partial charge in [-0.05, 0) is 39.7 Å². The molecule has 0 spiro atoms. The standard InChI is InChI=1S/C16H16BrFN2OS/c17-13-9-15(22-11-13)16(21)20-6-4-19(5-7-20)10-12-2-1-3-14(18)8-12/h1-3,8-9,11H,4-7,10H2. The van der Waals surface area contributed by atoms with Crippen LogP contribution < -0.4 is 0 Å². The van der Waals surface area contributed by atoms with E-state index in [1.54, 1.807) is 12.1 Å². The average molecular weight is 383 g/mol. The molecule has 3 nitrogen and oxygen atoms in total. The van der Waals surface area contributed by atoms with Gasteiger partial charge in [0.05, 0.1) is 4.88 Å². The fourth-order valence-electron chi connectivity index (χ4n) is 2.58. The molecular formula is C16H16BrFN2OS. The highest BCUT2D eigenvalue weighted by Gasteiger charge is 2.23. The molecule has 2 heterocycles. The quantitative estimate of drug-likeness (QED) is 0.809. The van der Waals surface area contributed by atoms with Gasteiger partial charge in [0.2, 0.25) is 0 Å². The Labute approximate surface area is 141 Å². The minimum atomic E-state index is -0.199. The fourth-order valence-corrected chi connectivity index (χ4v) is 3.98. The van der Waals surface area contributed by atoms with Gasteiger partial charge < -0.3 is 4.90 Å². The van der Waals surface area contributed by atoms with Crippen molar-refractivity contribution in [2.75, 3.05) is 26.2 Å². The summed E-state index contributed by atoms with van der Waals surface area (Å²) in [5.74, 6) is -0.101. The number of amides is 1. The number of benzene rings is 1. The number of piperazine rings is 1. The van der Waals surface area contributed by atoms with Crippen molar-refractivity contribution >= 4 is 33.2 Å². The summed E-state index contributed by atoms with van der Waals surface area (Å²) in [4.78, 5) is 17.3. The van der Waals surface area contributed by atoms with Crippen molar-refractivity contribution in [3.63, 3.8) is 0 Å². The normalized spacial score (nSPS) is 16.0. The molecule has 1 aliphatic rings. The van der Waals surface area contributed by atoms with Crippen LogP contribution in [0.4, 0.5) is 4.39 Å². The molecule has 116 valence electrons. The number of halogens is 2. The molecule has 22 heavy (non-hydrogen) atoms. The molecule has 2 aromatic rings. The highest BCUT2D eigenvalue weighted by molar-refractivity contribution is 9.10. The minimum absolute atomic E-state index is 0.0982. The molecule has 0 aliphatic carbocycles. The van der Waals surface area contributed by atoms with Gasteiger partial charge in [0, 0.05) is 42.6 Å². The second kappa shape index (κ2) is 6.89. The lowest BCUT2D eigenvalue weighted by Crippen LogP contribution is -2.48. The van der Waals surface area contributed by atoms with Crippen molar-refractivity contribution < 1.29 is 9.18 Å². The van der Waals surface area contributed by atoms with E-state index < -0.39 is 0 Å². The van der Waals surface area contributed by atoms with E-state index in [0.717, 1.165) is 34.5 Å². The van der Waals surface area contributed by atoms with E-state index in [-0.39, 0.29) is 11.7 Å². The van der Waals surface area contributed by atoms with Crippen molar-refractivity contribution in [3.8, 4) is 0 Å². The molecule has 0 atom stereocenters. The maximum atomic E-state index is 13.2. The van der Waals surface area contributed by atoms with Crippen LogP contribution in [0.25, 0.3) is 0 Å². The first-order valence-corrected chi connectivity index (χ1v) is 8.79. The molecule has 1 saturated heterocycles. The Hall–Kier alpha value is -1.24. The lowest BCUT2D eigenvalue weighted by atomic mass is 10.2. The maximum absolute atomic E-state index is 13.2. The first kappa shape index (κ1) is 15.6. The van der Waals surface area contributed by atoms with Crippen LogP contribution in [0, 0.1) is 5.82 Å². The molecule has 0 unspecified atom stereocenters. The topological polar surface area (TPSA) is 23.6 Å². The summed E-state index contributed by atoms with van der Waals surface area (Å²) in [6, 6.07) is 8.56. The van der Waals surface area contributed by atoms with E-state index in [9.17, 15) is 9.18 Å². The highest BCUT2D eigenvalue weighted by Crippen LogP contribution is 2.22. The van der Waals surface area contributed by atoms with Crippen LogP contribution in [-0.4, -0.2) is 41.9 Å². The second-order valence-corrected chi connectivity index (χ2v) is 7.15. The van der Waals surface area contributed by atoms with E-state index in [0.29, 0.717) is 13.1 Å². The minimum Gasteiger partial charge on any atom is -0.335 e. The zero-order valence-electron chi connectivity index (χ0n) is 12.0. The molecule has 1 amide bonds. The molecule has 1 aromatic carbocycles. The summed E-state index contributed by atoms with van der Waals surface area (Å²) >= 11 is 4.84. The van der Waals surface area contributed by atoms with Crippen LogP contribution in [0.3, 0.4) is 0 Å². The Kier molecular flexibility index (Phi) is 4.90. The largest absolute Gasteiger partial charge is 0.335 e. The first-order chi connectivity index (χ1) is 10.6. The van der Waals surface area contributed by atoms with Crippen LogP contribution >= 0.6 is 27.3 Å². The Morgan fingerprint density at radius 1 is 1.23 bits per heavy atom. The number of carbonyl (C=O) groups is 1. The van der Waals surface area contributed by atoms with Crippen LogP contribution in [0.15, 0.2) is 40.2 Å². The van der Waals surface area contributed by atoms with Crippen LogP contribution in [0.2, 0.25) is 0 Å². The van der Waals surface area contributed by atoms with Gasteiger partial charge in [-0.3, -0.25) is 9.69 Å². The maximum Gasteiger partial charge on any atom is 0.264 e. The van der Waals surface area contributed by atoms with Gasteiger partial charge in [-0.15, -0.1) is 11.3 Å². The van der Waals surface area contributed by atoms with Gasteiger partial charge in [-0.1, -0.05) is 12.1 Å². The lowest BCUT2D eigenvalue weighted by molar-refractivity contribution is 0.0633. The fraction of sp³-hybridized carbons (Fsp3) is 0.312. The highest BCUT2D eigenvalue weighted by atomic mass is 79.9. The third kappa shape index (κ3) is 3.74. The Morgan fingerprint density at radius 2 is 2.00 bits per heavy atom. The van der Waals surface area contributed by atoms with E-state index in [1.807, 2.05) is 22.4 Å². The predicted molar refractivity (Wildman–Crippen MR) is 89.6 cm³/mol. The van der Waals surface area contributed by atoms with E-state index in [2.05, 4.69) is 20.8 Å². The number of hydrogen-bond acceptors (Lipinski definition) is 3. The van der Waals surface area contributed by atoms with Crippen molar-refractivity contribution in [1.29, 1.82) is 0 Å². The molecule has 6 heteroatoms. The summed E-state index contributed by atoms with van der Waals surface area (Å²) in [6.07, 6.45) is 0. The number of carbonyl (C=O) groups excluding carboxylic acids is 1. The average Bonchev–Trinajstić information content (AvgIpc) is 2.94. The van der Waals surface area contributed by atoms with Gasteiger partial charge in [-0.25, -0.2) is 4.39 Å². The van der Waals surface area contributed by atoms with Gasteiger partial charge in [-0.2, -0.15) is 0 Å². The number of hydrogen-bond donors (Lipinski definition) is 0. The Bertz CT molecular complexity index is 668. The van der Waals surface area contributed by atoms with E-state index in [4.69, 9.17) is 0 Å². The Balaban J connectivity index is 1.55. The van der Waals surface area contributed by atoms with E-state index >= 15 is 0 Å². The molecular weight excluding hydrogens is 367 g/mol. The van der Waals surface area contributed by atoms with Gasteiger partial charge >= 0.3 is 0 Å². The molecule has 0 N–H and O–H groups in total. The zero-order valence-corrected chi connectivity index (χ0v) is 14.4. The van der Waals surface area contributed by atoms with Gasteiger partial charge in [0.25, 0.3) is 5.91 Å². The van der Waals surface area contributed by atoms with Crippen molar-refractivity contribution in [1.82, 2.24) is 9.80 Å². The third-order valence-electron chi connectivity index (χ3n) is 3.73. The monoisotopic (exact) mass is 382 g/mol. The number of nitrogens with zero attached hydrogens (tertiary/aromatic N) is 2. The van der Waals surface area contributed by atoms with Crippen molar-refractivity contribution in [3.05, 3.63) is 56.4 Å². The first-order valence-electron chi connectivity index (χ1n) is 7.12. The molecule has 1 fully saturated rings. The van der Waals surface area contributed by atoms with Gasteiger partial charge in [0.1, 0.15) is 5.82 Å². The van der Waals surface area contributed by atoms with Crippen molar-refractivity contribution in [2.45, 2.75) is 6.54 Å². The molecule has 0 saturated carbocycles. The lowest BCUT2D eigenvalue weighted by Gasteiger charge is -2.34. The summed E-state index contributed by atoms with van der Waals surface area (Å²) < 4.78 is 14.2. The van der Waals surface area contributed by atoms with Gasteiger partial charge in [0.15, 0.2) is 0 Å². The number of thiophene rings is 1. The van der Waals surface area contributed by atoms with Crippen LogP contribution in [0.1, 0.15) is 15.2 Å². The Morgan fingerprint density at radius 3 is 2.64 bits per heavy atom. The predicted octanol–water partition coefficient (Wildman–Crippen LogP) is 3.61. The van der Waals surface area contributed by atoms with Crippen LogP contribution in [-0.2, 0) is 6.54 Å². The summed E-state index contributed by atoms with van der Waals surface area (Å²) in [7, 11) is 0. The summed E-state index contributed by atoms with van der Waals surface area (Å²) in [5, 5.41) is 1.92. The smallest absolute Gasteiger partial charge is 0.264 e. The summed E-state index contributed by atoms with van der Waals surface area (Å²) in [6.45, 7) is 3.78. The molecule has 0 bridgehead atoms. The van der Waals surface area contributed by atoms with Crippen LogP contribution in [0.5, 0.6) is 0 Å². The molecule has 3 rings (SSSR count). The molecule has 1 aliphatic heterocycles. The summed E-state index contributed by atoms with van der Waals surface area (Å²) in [5.41, 5.74) is 0.974. The molecule has 1 aromatic heterocycles. The van der Waals surface area contributed by atoms with Crippen molar-refractivity contribution in [2.24, 2.45) is 0 Å². The SMILES string of the molecule is O=C(c1cc(Br)cs1)N1CCN(Cc2cccc(F)c2)CC1. The molecule has 0 radical (unpaired) electrons. The third-order valence-corrected chi connectivity index (χ3v) is 5.41. The second-order valence-electron chi connectivity index (χ2n) is 5.33.